The Balaban J connectivity index is 2.47. The highest BCUT2D eigenvalue weighted by molar-refractivity contribution is 5.90. The van der Waals surface area contributed by atoms with E-state index in [2.05, 4.69) is 0 Å². The van der Waals surface area contributed by atoms with Gasteiger partial charge in [0.1, 0.15) is 11.7 Å². The second kappa shape index (κ2) is 6.92. The largest absolute Gasteiger partial charge is 0.464 e. The molecule has 0 aromatic carbocycles. The van der Waals surface area contributed by atoms with Crippen LogP contribution in [0.5, 0.6) is 0 Å². The number of rotatable bonds is 4. The SMILES string of the molecule is CCOC(=O)[C@@]1([C@@H](O)c2cccn2C)C=CCN1C(=O)OC(C)(C)C. The first kappa shape index (κ1) is 19.1. The summed E-state index contributed by atoms with van der Waals surface area (Å²) >= 11 is 0. The van der Waals surface area contributed by atoms with E-state index in [0.717, 1.165) is 0 Å². The fourth-order valence-electron chi connectivity index (χ4n) is 2.88. The van der Waals surface area contributed by atoms with Gasteiger partial charge in [-0.15, -0.1) is 0 Å². The highest BCUT2D eigenvalue weighted by Crippen LogP contribution is 2.38. The normalized spacial score (nSPS) is 21.3. The molecule has 0 fully saturated rings. The molecule has 7 nitrogen and oxygen atoms in total. The molecule has 1 aliphatic rings. The molecule has 1 aromatic rings. The second-order valence-corrected chi connectivity index (χ2v) is 6.99. The first-order chi connectivity index (χ1) is 11.6. The summed E-state index contributed by atoms with van der Waals surface area (Å²) in [5.41, 5.74) is -1.89. The van der Waals surface area contributed by atoms with Gasteiger partial charge in [-0.05, 0) is 45.9 Å². The summed E-state index contributed by atoms with van der Waals surface area (Å²) in [6.45, 7) is 7.19. The van der Waals surface area contributed by atoms with Gasteiger partial charge in [0.15, 0.2) is 5.54 Å². The lowest BCUT2D eigenvalue weighted by Crippen LogP contribution is -2.58. The second-order valence-electron chi connectivity index (χ2n) is 6.99. The van der Waals surface area contributed by atoms with E-state index in [1.165, 1.54) is 11.0 Å². The Morgan fingerprint density at radius 3 is 2.60 bits per heavy atom. The molecule has 0 saturated heterocycles. The monoisotopic (exact) mass is 350 g/mol. The van der Waals surface area contributed by atoms with E-state index in [-0.39, 0.29) is 13.2 Å². The van der Waals surface area contributed by atoms with Crippen LogP contribution in [0.3, 0.4) is 0 Å². The molecule has 0 saturated carbocycles. The molecule has 2 rings (SSSR count). The minimum Gasteiger partial charge on any atom is -0.464 e. The Morgan fingerprint density at radius 1 is 1.40 bits per heavy atom. The van der Waals surface area contributed by atoms with E-state index in [0.29, 0.717) is 5.69 Å². The van der Waals surface area contributed by atoms with Crippen LogP contribution in [0.4, 0.5) is 4.79 Å². The molecule has 0 aliphatic carbocycles. The zero-order valence-electron chi connectivity index (χ0n) is 15.4. The van der Waals surface area contributed by atoms with E-state index >= 15 is 0 Å². The standard InChI is InChI=1S/C18H26N2O5/c1-6-24-15(22)18(14(21)13-9-7-11-19(13)5)10-8-12-20(18)16(23)25-17(2,3)4/h7-11,14,21H,6,12H2,1-5H3/t14-,18-/m0/s1. The molecule has 2 heterocycles. The number of nitrogens with zero attached hydrogens (tertiary/aromatic N) is 2. The molecule has 2 atom stereocenters. The Kier molecular flexibility index (Phi) is 5.27. The third-order valence-corrected chi connectivity index (χ3v) is 4.00. The maximum Gasteiger partial charge on any atom is 0.411 e. The number of aliphatic hydroxyl groups is 1. The summed E-state index contributed by atoms with van der Waals surface area (Å²) in [5.74, 6) is -0.691. The van der Waals surface area contributed by atoms with Crippen molar-refractivity contribution in [1.82, 2.24) is 9.47 Å². The highest BCUT2D eigenvalue weighted by Gasteiger charge is 2.55. The summed E-state index contributed by atoms with van der Waals surface area (Å²) in [7, 11) is 1.76. The van der Waals surface area contributed by atoms with Crippen molar-refractivity contribution < 1.29 is 24.2 Å². The number of aliphatic hydroxyl groups excluding tert-OH is 1. The van der Waals surface area contributed by atoms with Gasteiger partial charge in [0, 0.05) is 25.5 Å². The average molecular weight is 350 g/mol. The lowest BCUT2D eigenvalue weighted by atomic mass is 9.89. The first-order valence-electron chi connectivity index (χ1n) is 8.28. The Hall–Kier alpha value is -2.28. The van der Waals surface area contributed by atoms with Gasteiger partial charge in [-0.3, -0.25) is 4.90 Å². The quantitative estimate of drug-likeness (QED) is 0.665. The van der Waals surface area contributed by atoms with Gasteiger partial charge >= 0.3 is 12.1 Å². The number of hydrogen-bond acceptors (Lipinski definition) is 5. The van der Waals surface area contributed by atoms with Crippen LogP contribution in [0, 0.1) is 0 Å². The Labute approximate surface area is 147 Å². The Bertz CT molecular complexity index is 673. The van der Waals surface area contributed by atoms with E-state index in [1.807, 2.05) is 0 Å². The maximum atomic E-state index is 12.8. The topological polar surface area (TPSA) is 81.0 Å². The minimum absolute atomic E-state index is 0.135. The van der Waals surface area contributed by atoms with Crippen molar-refractivity contribution in [3.63, 3.8) is 0 Å². The van der Waals surface area contributed by atoms with Gasteiger partial charge in [0.05, 0.1) is 6.61 Å². The van der Waals surface area contributed by atoms with Gasteiger partial charge in [-0.1, -0.05) is 6.08 Å². The lowest BCUT2D eigenvalue weighted by Gasteiger charge is -2.39. The minimum atomic E-state index is -1.66. The summed E-state index contributed by atoms with van der Waals surface area (Å²) in [6.07, 6.45) is 2.96. The van der Waals surface area contributed by atoms with Gasteiger partial charge in [0.2, 0.25) is 0 Å². The summed E-state index contributed by atoms with van der Waals surface area (Å²) in [6, 6.07) is 3.46. The molecule has 1 aromatic heterocycles. The molecule has 1 amide bonds. The van der Waals surface area contributed by atoms with Crippen LogP contribution in [0.2, 0.25) is 0 Å². The molecular formula is C18H26N2O5. The first-order valence-corrected chi connectivity index (χ1v) is 8.28. The van der Waals surface area contributed by atoms with Gasteiger partial charge in [-0.25, -0.2) is 9.59 Å². The predicted octanol–water partition coefficient (Wildman–Crippen LogP) is 2.17. The molecule has 25 heavy (non-hydrogen) atoms. The van der Waals surface area contributed by atoms with Crippen molar-refractivity contribution in [2.24, 2.45) is 7.05 Å². The van der Waals surface area contributed by atoms with Crippen molar-refractivity contribution in [1.29, 1.82) is 0 Å². The number of ether oxygens (including phenoxy) is 2. The van der Waals surface area contributed by atoms with E-state index in [4.69, 9.17) is 9.47 Å². The summed E-state index contributed by atoms with van der Waals surface area (Å²) < 4.78 is 12.3. The third kappa shape index (κ3) is 3.56. The Morgan fingerprint density at radius 2 is 2.08 bits per heavy atom. The van der Waals surface area contributed by atoms with E-state index in [9.17, 15) is 14.7 Å². The molecule has 0 radical (unpaired) electrons. The van der Waals surface area contributed by atoms with Crippen molar-refractivity contribution in [2.75, 3.05) is 13.2 Å². The van der Waals surface area contributed by atoms with Crippen LogP contribution in [-0.2, 0) is 21.3 Å². The van der Waals surface area contributed by atoms with Crippen LogP contribution >= 0.6 is 0 Å². The van der Waals surface area contributed by atoms with Crippen molar-refractivity contribution in [3.05, 3.63) is 36.2 Å². The molecule has 1 aliphatic heterocycles. The number of amides is 1. The smallest absolute Gasteiger partial charge is 0.411 e. The average Bonchev–Trinajstić information content (AvgIpc) is 3.11. The number of carbonyl (C=O) groups is 2. The molecule has 7 heteroatoms. The molecule has 0 unspecified atom stereocenters. The van der Waals surface area contributed by atoms with E-state index < -0.39 is 29.3 Å². The maximum absolute atomic E-state index is 12.8. The van der Waals surface area contributed by atoms with Crippen LogP contribution in [0.15, 0.2) is 30.5 Å². The highest BCUT2D eigenvalue weighted by atomic mass is 16.6. The summed E-state index contributed by atoms with van der Waals surface area (Å²) in [4.78, 5) is 26.7. The van der Waals surface area contributed by atoms with Crippen LogP contribution in [-0.4, -0.2) is 50.9 Å². The molecule has 138 valence electrons. The molecule has 0 spiro atoms. The van der Waals surface area contributed by atoms with E-state index in [1.54, 1.807) is 63.7 Å². The summed E-state index contributed by atoms with van der Waals surface area (Å²) in [5, 5.41) is 11.0. The van der Waals surface area contributed by atoms with Crippen molar-refractivity contribution in [3.8, 4) is 0 Å². The predicted molar refractivity (Wildman–Crippen MR) is 91.8 cm³/mol. The lowest BCUT2D eigenvalue weighted by molar-refractivity contribution is -0.160. The molecule has 0 bridgehead atoms. The van der Waals surface area contributed by atoms with Gasteiger partial charge in [-0.2, -0.15) is 0 Å². The molecule has 1 N–H and O–H groups in total. The van der Waals surface area contributed by atoms with Crippen LogP contribution in [0.1, 0.15) is 39.5 Å². The third-order valence-electron chi connectivity index (χ3n) is 4.00. The molecular weight excluding hydrogens is 324 g/mol. The van der Waals surface area contributed by atoms with Crippen molar-refractivity contribution in [2.45, 2.75) is 44.9 Å². The number of hydrogen-bond donors (Lipinski definition) is 1. The number of aryl methyl sites for hydroxylation is 1. The zero-order valence-corrected chi connectivity index (χ0v) is 15.4. The van der Waals surface area contributed by atoms with Gasteiger partial charge in [0.25, 0.3) is 0 Å². The number of carbonyl (C=O) groups excluding carboxylic acids is 2. The fraction of sp³-hybridized carbons (Fsp3) is 0.556. The van der Waals surface area contributed by atoms with Crippen LogP contribution < -0.4 is 0 Å². The van der Waals surface area contributed by atoms with Crippen molar-refractivity contribution >= 4 is 12.1 Å². The fourth-order valence-corrected chi connectivity index (χ4v) is 2.88. The number of esters is 1. The van der Waals surface area contributed by atoms with Gasteiger partial charge < -0.3 is 19.1 Å². The van der Waals surface area contributed by atoms with Crippen LogP contribution in [0.25, 0.3) is 0 Å². The number of aromatic nitrogens is 1. The zero-order chi connectivity index (χ0) is 18.8.